The van der Waals surface area contributed by atoms with Crippen LogP contribution in [0.5, 0.6) is 0 Å². The maximum absolute atomic E-state index is 6.35. The smallest absolute Gasteiger partial charge is 0.0426 e. The number of nitrogens with zero attached hydrogens (tertiary/aromatic N) is 1. The van der Waals surface area contributed by atoms with Crippen LogP contribution in [0.2, 0.25) is 0 Å². The molecule has 0 bridgehead atoms. The molecule has 0 radical (unpaired) electrons. The van der Waals surface area contributed by atoms with E-state index < -0.39 is 0 Å². The van der Waals surface area contributed by atoms with Crippen molar-refractivity contribution in [2.75, 3.05) is 19.6 Å². The van der Waals surface area contributed by atoms with Crippen LogP contribution in [0.4, 0.5) is 0 Å². The van der Waals surface area contributed by atoms with Gasteiger partial charge in [0.15, 0.2) is 0 Å². The van der Waals surface area contributed by atoms with Crippen LogP contribution in [0.25, 0.3) is 0 Å². The topological polar surface area (TPSA) is 29.3 Å². The summed E-state index contributed by atoms with van der Waals surface area (Å²) in [7, 11) is 0. The summed E-state index contributed by atoms with van der Waals surface area (Å²) in [5.74, 6) is 0.744. The largest absolute Gasteiger partial charge is 0.323 e. The van der Waals surface area contributed by atoms with Crippen molar-refractivity contribution in [3.8, 4) is 0 Å². The standard InChI is InChI=1S/C16H28N2/c1-5-13(3)11-18(6-2)12-16(17)15-10-8-7-9-14(15)4/h7-10,13,16H,5-6,11-12,17H2,1-4H3. The van der Waals surface area contributed by atoms with Crippen molar-refractivity contribution < 1.29 is 0 Å². The summed E-state index contributed by atoms with van der Waals surface area (Å²) in [6.07, 6.45) is 1.23. The van der Waals surface area contributed by atoms with E-state index in [-0.39, 0.29) is 6.04 Å². The number of rotatable bonds is 7. The van der Waals surface area contributed by atoms with Gasteiger partial charge in [0.05, 0.1) is 0 Å². The van der Waals surface area contributed by atoms with Gasteiger partial charge in [-0.2, -0.15) is 0 Å². The zero-order valence-corrected chi connectivity index (χ0v) is 12.3. The summed E-state index contributed by atoms with van der Waals surface area (Å²) in [5.41, 5.74) is 8.92. The lowest BCUT2D eigenvalue weighted by Gasteiger charge is -2.27. The first-order chi connectivity index (χ1) is 8.58. The van der Waals surface area contributed by atoms with Gasteiger partial charge in [-0.3, -0.25) is 0 Å². The Hall–Kier alpha value is -0.860. The molecule has 0 aliphatic heterocycles. The fourth-order valence-corrected chi connectivity index (χ4v) is 2.28. The van der Waals surface area contributed by atoms with Crippen LogP contribution < -0.4 is 5.73 Å². The van der Waals surface area contributed by atoms with Gasteiger partial charge in [0.25, 0.3) is 0 Å². The Morgan fingerprint density at radius 2 is 1.83 bits per heavy atom. The Bertz CT molecular complexity index is 349. The van der Waals surface area contributed by atoms with Crippen LogP contribution in [0.3, 0.4) is 0 Å². The molecule has 0 fully saturated rings. The van der Waals surface area contributed by atoms with Gasteiger partial charge in [-0.05, 0) is 30.5 Å². The third kappa shape index (κ3) is 4.43. The zero-order valence-electron chi connectivity index (χ0n) is 12.3. The highest BCUT2D eigenvalue weighted by Crippen LogP contribution is 2.17. The van der Waals surface area contributed by atoms with Crippen molar-refractivity contribution in [3.05, 3.63) is 35.4 Å². The minimum atomic E-state index is 0.121. The van der Waals surface area contributed by atoms with E-state index in [1.54, 1.807) is 0 Å². The van der Waals surface area contributed by atoms with E-state index >= 15 is 0 Å². The lowest BCUT2D eigenvalue weighted by atomic mass is 10.0. The van der Waals surface area contributed by atoms with Crippen molar-refractivity contribution in [3.63, 3.8) is 0 Å². The normalized spacial score (nSPS) is 14.8. The number of hydrogen-bond acceptors (Lipinski definition) is 2. The lowest BCUT2D eigenvalue weighted by Crippen LogP contribution is -2.35. The second kappa shape index (κ2) is 7.55. The highest BCUT2D eigenvalue weighted by atomic mass is 15.1. The SMILES string of the molecule is CCC(C)CN(CC)CC(N)c1ccccc1C. The fraction of sp³-hybridized carbons (Fsp3) is 0.625. The molecule has 102 valence electrons. The highest BCUT2D eigenvalue weighted by molar-refractivity contribution is 5.28. The monoisotopic (exact) mass is 248 g/mol. The number of benzene rings is 1. The third-order valence-corrected chi connectivity index (χ3v) is 3.76. The minimum Gasteiger partial charge on any atom is -0.323 e. The molecule has 0 spiro atoms. The van der Waals surface area contributed by atoms with Crippen LogP contribution in [0.1, 0.15) is 44.4 Å². The van der Waals surface area contributed by atoms with Crippen LogP contribution in [0.15, 0.2) is 24.3 Å². The van der Waals surface area contributed by atoms with Crippen LogP contribution in [-0.2, 0) is 0 Å². The van der Waals surface area contributed by atoms with Crippen LogP contribution in [-0.4, -0.2) is 24.5 Å². The van der Waals surface area contributed by atoms with Gasteiger partial charge in [0.1, 0.15) is 0 Å². The average molecular weight is 248 g/mol. The molecule has 2 N–H and O–H groups in total. The molecule has 2 unspecified atom stereocenters. The molecule has 2 atom stereocenters. The quantitative estimate of drug-likeness (QED) is 0.801. The first-order valence-corrected chi connectivity index (χ1v) is 7.11. The molecule has 18 heavy (non-hydrogen) atoms. The summed E-state index contributed by atoms with van der Waals surface area (Å²) >= 11 is 0. The Kier molecular flexibility index (Phi) is 6.37. The molecule has 0 aliphatic rings. The number of aryl methyl sites for hydroxylation is 1. The van der Waals surface area contributed by atoms with Crippen molar-refractivity contribution in [2.24, 2.45) is 11.7 Å². The van der Waals surface area contributed by atoms with Gasteiger partial charge in [-0.25, -0.2) is 0 Å². The van der Waals surface area contributed by atoms with Gasteiger partial charge in [0.2, 0.25) is 0 Å². The minimum absolute atomic E-state index is 0.121. The number of hydrogen-bond donors (Lipinski definition) is 1. The molecule has 0 saturated heterocycles. The summed E-state index contributed by atoms with van der Waals surface area (Å²) in [5, 5.41) is 0. The summed E-state index contributed by atoms with van der Waals surface area (Å²) in [4.78, 5) is 2.46. The van der Waals surface area contributed by atoms with Crippen molar-refractivity contribution in [1.82, 2.24) is 4.90 Å². The molecule has 1 rings (SSSR count). The molecule has 1 aromatic rings. The van der Waals surface area contributed by atoms with E-state index in [4.69, 9.17) is 5.73 Å². The van der Waals surface area contributed by atoms with Gasteiger partial charge < -0.3 is 10.6 Å². The van der Waals surface area contributed by atoms with Gasteiger partial charge in [0, 0.05) is 19.1 Å². The first-order valence-electron chi connectivity index (χ1n) is 7.11. The molecule has 0 saturated carbocycles. The molecular weight excluding hydrogens is 220 g/mol. The Balaban J connectivity index is 2.62. The van der Waals surface area contributed by atoms with E-state index in [1.807, 2.05) is 0 Å². The highest BCUT2D eigenvalue weighted by Gasteiger charge is 2.14. The number of likely N-dealkylation sites (N-methyl/N-ethyl adjacent to an activating group) is 1. The van der Waals surface area contributed by atoms with Crippen LogP contribution in [0, 0.1) is 12.8 Å². The Morgan fingerprint density at radius 3 is 2.39 bits per heavy atom. The molecule has 0 aromatic heterocycles. The Morgan fingerprint density at radius 1 is 1.17 bits per heavy atom. The number of nitrogens with two attached hydrogens (primary N) is 1. The second-order valence-electron chi connectivity index (χ2n) is 5.33. The van der Waals surface area contributed by atoms with E-state index in [0.29, 0.717) is 0 Å². The van der Waals surface area contributed by atoms with E-state index in [0.717, 1.165) is 25.6 Å². The molecular formula is C16H28N2. The second-order valence-corrected chi connectivity index (χ2v) is 5.33. The maximum atomic E-state index is 6.35. The molecule has 0 aliphatic carbocycles. The van der Waals surface area contributed by atoms with E-state index in [1.165, 1.54) is 17.5 Å². The van der Waals surface area contributed by atoms with Crippen molar-refractivity contribution in [2.45, 2.75) is 40.2 Å². The van der Waals surface area contributed by atoms with E-state index in [2.05, 4.69) is 56.9 Å². The van der Waals surface area contributed by atoms with Gasteiger partial charge in [-0.15, -0.1) is 0 Å². The van der Waals surface area contributed by atoms with Crippen LogP contribution >= 0.6 is 0 Å². The molecule has 2 nitrogen and oxygen atoms in total. The van der Waals surface area contributed by atoms with Crippen molar-refractivity contribution >= 4 is 0 Å². The first kappa shape index (κ1) is 15.2. The summed E-state index contributed by atoms with van der Waals surface area (Å²) < 4.78 is 0. The Labute approximate surface area is 112 Å². The third-order valence-electron chi connectivity index (χ3n) is 3.76. The molecule has 0 amide bonds. The summed E-state index contributed by atoms with van der Waals surface area (Å²) in [6, 6.07) is 8.56. The van der Waals surface area contributed by atoms with Crippen molar-refractivity contribution in [1.29, 1.82) is 0 Å². The summed E-state index contributed by atoms with van der Waals surface area (Å²) in [6.45, 7) is 12.1. The fourth-order valence-electron chi connectivity index (χ4n) is 2.28. The average Bonchev–Trinajstić information content (AvgIpc) is 2.38. The van der Waals surface area contributed by atoms with Gasteiger partial charge >= 0.3 is 0 Å². The van der Waals surface area contributed by atoms with Gasteiger partial charge in [-0.1, -0.05) is 51.5 Å². The molecule has 0 heterocycles. The zero-order chi connectivity index (χ0) is 13.5. The lowest BCUT2D eigenvalue weighted by molar-refractivity contribution is 0.232. The van der Waals surface area contributed by atoms with E-state index in [9.17, 15) is 0 Å². The molecule has 1 aromatic carbocycles. The predicted molar refractivity (Wildman–Crippen MR) is 79.7 cm³/mol. The maximum Gasteiger partial charge on any atom is 0.0426 e. The molecule has 2 heteroatoms. The predicted octanol–water partition coefficient (Wildman–Crippen LogP) is 3.36.